The monoisotopic (exact) mass is 744 g/mol. The quantitative estimate of drug-likeness (QED) is 0.184. The zero-order valence-corrected chi connectivity index (χ0v) is 30.7. The first kappa shape index (κ1) is 40.9. The number of fused-ring (bicyclic) bond motifs is 2. The van der Waals surface area contributed by atoms with Crippen molar-refractivity contribution < 1.29 is 47.1 Å². The summed E-state index contributed by atoms with van der Waals surface area (Å²) in [6.07, 6.45) is 7.38. The highest BCUT2D eigenvalue weighted by Crippen LogP contribution is 2.23. The Morgan fingerprint density at radius 2 is 1.58 bits per heavy atom. The molecule has 0 aliphatic carbocycles. The summed E-state index contributed by atoms with van der Waals surface area (Å²) in [5, 5.41) is 7.73. The van der Waals surface area contributed by atoms with Gasteiger partial charge in [-0.25, -0.2) is 13.6 Å². The number of unbranched alkanes of at least 4 members (excludes halogenated alkanes) is 3. The lowest BCUT2D eigenvalue weighted by molar-refractivity contribution is -0.158. The summed E-state index contributed by atoms with van der Waals surface area (Å²) in [6, 6.07) is -4.35. The smallest absolute Gasteiger partial charge is 0.328 e. The van der Waals surface area contributed by atoms with Crippen LogP contribution in [0.5, 0.6) is 0 Å². The molecule has 0 bridgehead atoms. The van der Waals surface area contributed by atoms with E-state index in [1.54, 1.807) is 6.08 Å². The molecule has 3 aliphatic heterocycles. The van der Waals surface area contributed by atoms with Gasteiger partial charge in [0, 0.05) is 32.6 Å². The van der Waals surface area contributed by atoms with Crippen molar-refractivity contribution in [1.82, 2.24) is 30.7 Å². The molecule has 0 radical (unpaired) electrons. The third-order valence-electron chi connectivity index (χ3n) is 9.91. The van der Waals surface area contributed by atoms with Crippen molar-refractivity contribution in [3.05, 3.63) is 47.5 Å². The van der Waals surface area contributed by atoms with E-state index < -0.39 is 95.9 Å². The SMILES string of the molecule is CCCCCC=CC(=O)N[C@@H](Cc1cc(F)cc(F)c1)C(=O)N[C@H]1COC(=O)[C@@H]2CCCN2C(=O)[C@H](C)NC(=O)[C@H](C)N(C)C(=O)[C@@H]2CCCN2C1=O. The summed E-state index contributed by atoms with van der Waals surface area (Å²) in [4.78, 5) is 98.5. The van der Waals surface area contributed by atoms with Crippen LogP contribution in [0.15, 0.2) is 30.4 Å². The number of cyclic esters (lactones) is 1. The maximum atomic E-state index is 14.2. The van der Waals surface area contributed by atoms with Crippen LogP contribution in [-0.4, -0.2) is 119 Å². The highest BCUT2D eigenvalue weighted by Gasteiger charge is 2.43. The molecule has 0 saturated carbocycles. The average Bonchev–Trinajstić information content (AvgIpc) is 3.81. The van der Waals surface area contributed by atoms with Gasteiger partial charge in [0.15, 0.2) is 0 Å². The van der Waals surface area contributed by atoms with Gasteiger partial charge in [-0.3, -0.25) is 28.8 Å². The van der Waals surface area contributed by atoms with Crippen molar-refractivity contribution in [2.45, 2.75) is 115 Å². The van der Waals surface area contributed by atoms with Crippen LogP contribution in [-0.2, 0) is 44.7 Å². The number of hydrogen-bond donors (Lipinski definition) is 3. The molecule has 3 heterocycles. The van der Waals surface area contributed by atoms with Crippen LogP contribution in [0, 0.1) is 11.6 Å². The number of nitrogens with zero attached hydrogens (tertiary/aromatic N) is 3. The number of allylic oxidation sites excluding steroid dienone is 1. The number of benzene rings is 1. The van der Waals surface area contributed by atoms with E-state index in [1.165, 1.54) is 41.7 Å². The van der Waals surface area contributed by atoms with Crippen molar-refractivity contribution in [3.63, 3.8) is 0 Å². The molecule has 0 spiro atoms. The number of rotatable bonds is 10. The molecule has 1 aromatic rings. The molecule has 3 saturated heterocycles. The van der Waals surface area contributed by atoms with E-state index in [2.05, 4.69) is 16.0 Å². The normalized spacial score (nSPS) is 25.2. The summed E-state index contributed by atoms with van der Waals surface area (Å²) < 4.78 is 33.9. The van der Waals surface area contributed by atoms with Crippen molar-refractivity contribution in [3.8, 4) is 0 Å². The Bertz CT molecular complexity index is 1570. The Morgan fingerprint density at radius 1 is 0.943 bits per heavy atom. The topological polar surface area (TPSA) is 175 Å². The van der Waals surface area contributed by atoms with E-state index in [-0.39, 0.29) is 37.9 Å². The second kappa shape index (κ2) is 18.7. The Kier molecular flexibility index (Phi) is 14.5. The van der Waals surface area contributed by atoms with Gasteiger partial charge >= 0.3 is 5.97 Å². The van der Waals surface area contributed by atoms with Gasteiger partial charge in [-0.05, 0) is 76.1 Å². The molecule has 0 aromatic heterocycles. The first-order valence-corrected chi connectivity index (χ1v) is 18.3. The van der Waals surface area contributed by atoms with Gasteiger partial charge in [0.05, 0.1) is 0 Å². The van der Waals surface area contributed by atoms with Gasteiger partial charge in [-0.1, -0.05) is 25.8 Å². The van der Waals surface area contributed by atoms with Crippen LogP contribution in [0.1, 0.15) is 77.7 Å². The van der Waals surface area contributed by atoms with E-state index in [1.807, 2.05) is 6.92 Å². The van der Waals surface area contributed by atoms with Gasteiger partial charge < -0.3 is 35.4 Å². The average molecular weight is 745 g/mol. The summed E-state index contributed by atoms with van der Waals surface area (Å²) >= 11 is 0. The lowest BCUT2D eigenvalue weighted by Gasteiger charge is -2.34. The van der Waals surface area contributed by atoms with Crippen molar-refractivity contribution in [2.24, 2.45) is 0 Å². The van der Waals surface area contributed by atoms with E-state index in [4.69, 9.17) is 4.74 Å². The van der Waals surface area contributed by atoms with Crippen molar-refractivity contribution in [1.29, 1.82) is 0 Å². The summed E-state index contributed by atoms with van der Waals surface area (Å²) in [7, 11) is 1.42. The lowest BCUT2D eigenvalue weighted by Crippen LogP contribution is -2.60. The number of carbonyl (C=O) groups excluding carboxylic acids is 7. The number of ether oxygens (including phenoxy) is 1. The molecule has 6 atom stereocenters. The molecule has 4 rings (SSSR count). The second-order valence-corrected chi connectivity index (χ2v) is 13.9. The molecule has 3 aliphatic rings. The molecular weight excluding hydrogens is 694 g/mol. The fourth-order valence-electron chi connectivity index (χ4n) is 6.81. The number of carbonyl (C=O) groups is 7. The van der Waals surface area contributed by atoms with Crippen molar-refractivity contribution in [2.75, 3.05) is 26.7 Å². The van der Waals surface area contributed by atoms with Crippen molar-refractivity contribution >= 4 is 41.4 Å². The minimum absolute atomic E-state index is 0.0530. The Balaban J connectivity index is 1.65. The van der Waals surface area contributed by atoms with Crippen LogP contribution < -0.4 is 16.0 Å². The molecule has 0 unspecified atom stereocenters. The Morgan fingerprint density at radius 3 is 2.25 bits per heavy atom. The number of nitrogens with one attached hydrogen (secondary N) is 3. The van der Waals surface area contributed by atoms with E-state index >= 15 is 0 Å². The van der Waals surface area contributed by atoms with Crippen LogP contribution >= 0.6 is 0 Å². The van der Waals surface area contributed by atoms with Gasteiger partial charge in [0.1, 0.15) is 54.5 Å². The highest BCUT2D eigenvalue weighted by atomic mass is 19.1. The van der Waals surface area contributed by atoms with Gasteiger partial charge in [-0.2, -0.15) is 0 Å². The predicted molar refractivity (Wildman–Crippen MR) is 187 cm³/mol. The molecule has 6 amide bonds. The first-order chi connectivity index (χ1) is 25.2. The Hall–Kier alpha value is -4.89. The zero-order chi connectivity index (χ0) is 38.8. The molecule has 53 heavy (non-hydrogen) atoms. The van der Waals surface area contributed by atoms with E-state index in [9.17, 15) is 42.3 Å². The molecule has 290 valence electrons. The molecule has 3 N–H and O–H groups in total. The zero-order valence-electron chi connectivity index (χ0n) is 30.7. The third kappa shape index (κ3) is 10.6. The summed E-state index contributed by atoms with van der Waals surface area (Å²) in [5.74, 6) is -6.61. The summed E-state index contributed by atoms with van der Waals surface area (Å²) in [6.45, 7) is 4.68. The number of likely N-dealkylation sites (N-methyl/N-ethyl adjacent to an activating group) is 1. The molecule has 1 aromatic carbocycles. The summed E-state index contributed by atoms with van der Waals surface area (Å²) in [5.41, 5.74) is 0.0530. The maximum absolute atomic E-state index is 14.2. The van der Waals surface area contributed by atoms with Crippen LogP contribution in [0.25, 0.3) is 0 Å². The standard InChI is InChI=1S/C37H50F2N6O8/c1-5-6-7-8-9-14-31(46)41-27(19-24-17-25(38)20-26(39)18-24)33(48)42-28-21-53-37(52)30-13-11-16-45(30)34(49)22(2)40-32(47)23(3)43(4)36(51)29-12-10-15-44(29)35(28)50/h9,14,17-18,20,22-23,27-30H,5-8,10-13,15-16,19,21H2,1-4H3,(H,40,47)(H,41,46)(H,42,48)/t22-,23-,27-,28-,29-,30-/m0/s1. The second-order valence-electron chi connectivity index (χ2n) is 13.9. The van der Waals surface area contributed by atoms with Crippen LogP contribution in [0.3, 0.4) is 0 Å². The minimum Gasteiger partial charge on any atom is -0.461 e. The number of hydrogen-bond acceptors (Lipinski definition) is 8. The highest BCUT2D eigenvalue weighted by molar-refractivity contribution is 5.98. The molecule has 14 nitrogen and oxygen atoms in total. The fraction of sp³-hybridized carbons (Fsp3) is 0.595. The Labute approximate surface area is 308 Å². The molecule has 3 fully saturated rings. The maximum Gasteiger partial charge on any atom is 0.328 e. The van der Waals surface area contributed by atoms with Gasteiger partial charge in [-0.15, -0.1) is 0 Å². The van der Waals surface area contributed by atoms with E-state index in [0.717, 1.165) is 31.4 Å². The fourth-order valence-corrected chi connectivity index (χ4v) is 6.81. The first-order valence-electron chi connectivity index (χ1n) is 18.3. The minimum atomic E-state index is -1.56. The number of esters is 1. The van der Waals surface area contributed by atoms with E-state index in [0.29, 0.717) is 25.3 Å². The van der Waals surface area contributed by atoms with Gasteiger partial charge in [0.2, 0.25) is 35.4 Å². The van der Waals surface area contributed by atoms with Gasteiger partial charge in [0.25, 0.3) is 0 Å². The third-order valence-corrected chi connectivity index (χ3v) is 9.91. The lowest BCUT2D eigenvalue weighted by atomic mass is 10.0. The number of halogens is 2. The molecular formula is C37H50F2N6O8. The molecule has 16 heteroatoms. The number of amides is 6. The van der Waals surface area contributed by atoms with Crippen LogP contribution in [0.2, 0.25) is 0 Å². The predicted octanol–water partition coefficient (Wildman–Crippen LogP) is 1.50. The van der Waals surface area contributed by atoms with Crippen LogP contribution in [0.4, 0.5) is 8.78 Å². The largest absolute Gasteiger partial charge is 0.461 e.